The van der Waals surface area contributed by atoms with Gasteiger partial charge in [0, 0.05) is 21.5 Å². The summed E-state index contributed by atoms with van der Waals surface area (Å²) in [7, 11) is -2.30. The summed E-state index contributed by atoms with van der Waals surface area (Å²) >= 11 is -0.996. The van der Waals surface area contributed by atoms with Crippen LogP contribution in [0.25, 0.3) is 0 Å². The van der Waals surface area contributed by atoms with Crippen LogP contribution in [-0.4, -0.2) is 31.8 Å². The second-order valence-electron chi connectivity index (χ2n) is 5.55. The zero-order valence-electron chi connectivity index (χ0n) is 14.8. The molecule has 0 saturated carbocycles. The molecule has 0 aliphatic heterocycles. The number of halogens is 6. The molecule has 0 saturated heterocycles. The molecule has 168 valence electrons. The second kappa shape index (κ2) is 9.91. The fourth-order valence-corrected chi connectivity index (χ4v) is 4.42. The van der Waals surface area contributed by atoms with Crippen molar-refractivity contribution in [2.75, 3.05) is 11.1 Å². The molecular formula is C16H10F6N2O4S3. The van der Waals surface area contributed by atoms with Gasteiger partial charge < -0.3 is 5.32 Å². The number of rotatable bonds is 7. The lowest BCUT2D eigenvalue weighted by Crippen LogP contribution is -2.20. The van der Waals surface area contributed by atoms with E-state index < -0.39 is 77.4 Å². The van der Waals surface area contributed by atoms with Crippen molar-refractivity contribution in [3.63, 3.8) is 0 Å². The minimum atomic E-state index is -4.69. The molecule has 1 N–H and O–H groups in total. The van der Waals surface area contributed by atoms with E-state index in [2.05, 4.69) is 5.32 Å². The predicted molar refractivity (Wildman–Crippen MR) is 103 cm³/mol. The number of hydrogen-bond acceptors (Lipinski definition) is 6. The Bertz CT molecular complexity index is 1010. The minimum absolute atomic E-state index is 0.0253. The van der Waals surface area contributed by atoms with Crippen molar-refractivity contribution in [3.05, 3.63) is 52.6 Å². The number of nitro benzene ring substituents is 1. The van der Waals surface area contributed by atoms with Gasteiger partial charge in [-0.3, -0.25) is 19.1 Å². The first-order valence-corrected chi connectivity index (χ1v) is 10.8. The van der Waals surface area contributed by atoms with Crippen LogP contribution >= 0.6 is 23.5 Å². The first kappa shape index (κ1) is 25.0. The van der Waals surface area contributed by atoms with Crippen LogP contribution in [0.2, 0.25) is 0 Å². The summed E-state index contributed by atoms with van der Waals surface area (Å²) in [6.07, 6.45) is 0. The van der Waals surface area contributed by atoms with Crippen molar-refractivity contribution in [1.29, 1.82) is 0 Å². The van der Waals surface area contributed by atoms with Gasteiger partial charge in [-0.25, -0.2) is 0 Å². The van der Waals surface area contributed by atoms with E-state index in [-0.39, 0.29) is 10.6 Å². The maximum Gasteiger partial charge on any atom is 0.446 e. The Morgan fingerprint density at radius 1 is 1.00 bits per heavy atom. The second-order valence-corrected chi connectivity index (χ2v) is 9.24. The van der Waals surface area contributed by atoms with E-state index in [0.717, 1.165) is 24.3 Å². The van der Waals surface area contributed by atoms with E-state index in [1.165, 1.54) is 12.1 Å². The molecule has 2 rings (SSSR count). The van der Waals surface area contributed by atoms with Crippen LogP contribution in [0.3, 0.4) is 0 Å². The van der Waals surface area contributed by atoms with Crippen molar-refractivity contribution < 1.29 is 40.3 Å². The number of benzene rings is 2. The molecule has 0 heterocycles. The number of hydrogen-bond donors (Lipinski definition) is 1. The number of thioether (sulfide) groups is 2. The van der Waals surface area contributed by atoms with Gasteiger partial charge in [-0.15, -0.1) is 0 Å². The highest BCUT2D eigenvalue weighted by molar-refractivity contribution is 8.00. The summed E-state index contributed by atoms with van der Waals surface area (Å²) in [5.74, 6) is -1.72. The Morgan fingerprint density at radius 2 is 1.58 bits per heavy atom. The minimum Gasteiger partial charge on any atom is -0.325 e. The summed E-state index contributed by atoms with van der Waals surface area (Å²) in [5, 5.41) is 13.4. The molecule has 2 aromatic carbocycles. The van der Waals surface area contributed by atoms with Gasteiger partial charge in [0.15, 0.2) is 0 Å². The van der Waals surface area contributed by atoms with Gasteiger partial charge in [-0.1, -0.05) is 6.07 Å². The molecule has 15 heteroatoms. The van der Waals surface area contributed by atoms with Crippen LogP contribution in [0.15, 0.2) is 57.2 Å². The number of amides is 1. The van der Waals surface area contributed by atoms with Gasteiger partial charge in [0.2, 0.25) is 5.91 Å². The third-order valence-electron chi connectivity index (χ3n) is 3.22. The maximum absolute atomic E-state index is 12.4. The topological polar surface area (TPSA) is 89.3 Å². The molecule has 0 radical (unpaired) electrons. The number of nitrogens with one attached hydrogen (secondary N) is 1. The van der Waals surface area contributed by atoms with E-state index in [0.29, 0.717) is 6.07 Å². The van der Waals surface area contributed by atoms with Crippen LogP contribution in [0, 0.1) is 10.1 Å². The lowest BCUT2D eigenvalue weighted by molar-refractivity contribution is -0.388. The molecule has 1 amide bonds. The Kier molecular flexibility index (Phi) is 7.99. The normalized spacial score (nSPS) is 13.0. The molecule has 6 nitrogen and oxygen atoms in total. The van der Waals surface area contributed by atoms with E-state index in [9.17, 15) is 45.5 Å². The Morgan fingerprint density at radius 3 is 2.13 bits per heavy atom. The molecule has 0 bridgehead atoms. The Hall–Kier alpha value is -2.26. The van der Waals surface area contributed by atoms with Gasteiger partial charge in [0.1, 0.15) is 10.6 Å². The molecule has 0 spiro atoms. The predicted octanol–water partition coefficient (Wildman–Crippen LogP) is 5.56. The van der Waals surface area contributed by atoms with E-state index in [4.69, 9.17) is 0 Å². The molecular weight excluding hydrogens is 494 g/mol. The van der Waals surface area contributed by atoms with Crippen LogP contribution < -0.4 is 5.32 Å². The van der Waals surface area contributed by atoms with Gasteiger partial charge in [0.25, 0.3) is 5.69 Å². The summed E-state index contributed by atoms with van der Waals surface area (Å²) in [6, 6.07) is 7.07. The smallest absolute Gasteiger partial charge is 0.325 e. The van der Waals surface area contributed by atoms with Gasteiger partial charge in [-0.05, 0) is 53.9 Å². The highest BCUT2D eigenvalue weighted by Gasteiger charge is 2.31. The lowest BCUT2D eigenvalue weighted by Gasteiger charge is -2.10. The SMILES string of the molecule is O=C(C[S@@](=O)c1ccc(SC(F)(F)F)cc1[N+](=O)[O-])Nc1cccc(SC(F)(F)F)c1. The standard InChI is InChI=1S/C16H10F6N2O4S3/c17-15(18,19)29-10-3-1-2-9(6-10)23-14(25)8-31(28)13-5-4-11(30-16(20,21)22)7-12(13)24(26)27/h1-7H,8H2,(H,23,25)/t31-/m1/s1. The first-order chi connectivity index (χ1) is 14.2. The molecule has 0 aliphatic rings. The van der Waals surface area contributed by atoms with Crippen molar-refractivity contribution in [3.8, 4) is 0 Å². The van der Waals surface area contributed by atoms with Crippen molar-refractivity contribution in [2.24, 2.45) is 0 Å². The summed E-state index contributed by atoms with van der Waals surface area (Å²) in [5.41, 5.74) is -10.1. The van der Waals surface area contributed by atoms with E-state index in [1.54, 1.807) is 0 Å². The fraction of sp³-hybridized carbons (Fsp3) is 0.188. The molecule has 0 unspecified atom stereocenters. The fourth-order valence-electron chi connectivity index (χ4n) is 2.19. The quantitative estimate of drug-likeness (QED) is 0.230. The molecule has 1 atom stereocenters. The number of nitrogens with zero attached hydrogens (tertiary/aromatic N) is 1. The van der Waals surface area contributed by atoms with Gasteiger partial charge in [0.05, 0.1) is 15.7 Å². The molecule has 0 fully saturated rings. The number of nitro groups is 1. The molecule has 2 aromatic rings. The molecule has 0 aliphatic carbocycles. The average Bonchev–Trinajstić information content (AvgIpc) is 2.58. The highest BCUT2D eigenvalue weighted by Crippen LogP contribution is 2.39. The van der Waals surface area contributed by atoms with Crippen LogP contribution in [-0.2, 0) is 15.6 Å². The zero-order chi connectivity index (χ0) is 23.4. The van der Waals surface area contributed by atoms with Gasteiger partial charge in [-0.2, -0.15) is 26.3 Å². The first-order valence-electron chi connectivity index (χ1n) is 7.82. The summed E-state index contributed by atoms with van der Waals surface area (Å²) < 4.78 is 87.0. The summed E-state index contributed by atoms with van der Waals surface area (Å²) in [6.45, 7) is 0. The van der Waals surface area contributed by atoms with Crippen LogP contribution in [0.5, 0.6) is 0 Å². The largest absolute Gasteiger partial charge is 0.446 e. The maximum atomic E-state index is 12.4. The molecule has 0 aromatic heterocycles. The Balaban J connectivity index is 2.13. The van der Waals surface area contributed by atoms with Crippen molar-refractivity contribution >= 4 is 51.6 Å². The third kappa shape index (κ3) is 8.41. The number of alkyl halides is 6. The zero-order valence-corrected chi connectivity index (χ0v) is 17.3. The van der Waals surface area contributed by atoms with E-state index >= 15 is 0 Å². The van der Waals surface area contributed by atoms with Gasteiger partial charge >= 0.3 is 11.0 Å². The highest BCUT2D eigenvalue weighted by atomic mass is 32.2. The number of carbonyl (C=O) groups excluding carboxylic acids is 1. The summed E-state index contributed by atoms with van der Waals surface area (Å²) in [4.78, 5) is 21.0. The third-order valence-corrected chi connectivity index (χ3v) is 6.02. The Labute approximate surface area is 181 Å². The molecule has 31 heavy (non-hydrogen) atoms. The van der Waals surface area contributed by atoms with Crippen molar-refractivity contribution in [1.82, 2.24) is 0 Å². The number of carbonyl (C=O) groups is 1. The van der Waals surface area contributed by atoms with E-state index in [1.807, 2.05) is 0 Å². The average molecular weight is 504 g/mol. The van der Waals surface area contributed by atoms with Crippen LogP contribution in [0.4, 0.5) is 37.7 Å². The monoisotopic (exact) mass is 504 g/mol. The number of anilines is 1. The van der Waals surface area contributed by atoms with Crippen molar-refractivity contribution in [2.45, 2.75) is 25.7 Å². The lowest BCUT2D eigenvalue weighted by atomic mass is 10.3. The van der Waals surface area contributed by atoms with Crippen LogP contribution in [0.1, 0.15) is 0 Å².